The Morgan fingerprint density at radius 1 is 1.58 bits per heavy atom. The summed E-state index contributed by atoms with van der Waals surface area (Å²) < 4.78 is 1.05. The van der Waals surface area contributed by atoms with Crippen molar-refractivity contribution in [2.75, 3.05) is 0 Å². The Morgan fingerprint density at radius 2 is 2.33 bits per heavy atom. The van der Waals surface area contributed by atoms with E-state index in [0.29, 0.717) is 5.69 Å². The Morgan fingerprint density at radius 3 is 2.92 bits per heavy atom. The fraction of sp³-hybridized carbons (Fsp3) is 0.222. The molecule has 0 spiro atoms. The predicted molar refractivity (Wildman–Crippen MR) is 51.3 cm³/mol. The first-order valence-corrected chi connectivity index (χ1v) is 4.43. The molecule has 0 heterocycles. The van der Waals surface area contributed by atoms with Gasteiger partial charge >= 0.3 is 0 Å². The molecular formula is C9H8BrNO. The highest BCUT2D eigenvalue weighted by molar-refractivity contribution is 9.10. The number of carbonyl (C=O) groups excluding carboxylic acids is 1. The molecule has 0 aliphatic heterocycles. The number of rotatable bonds is 2. The van der Waals surface area contributed by atoms with Crippen LogP contribution in [-0.2, 0) is 11.2 Å². The van der Waals surface area contributed by atoms with E-state index in [9.17, 15) is 4.79 Å². The predicted octanol–water partition coefficient (Wildman–Crippen LogP) is 2.98. The smallest absolute Gasteiger partial charge is 0.211 e. The van der Waals surface area contributed by atoms with Gasteiger partial charge in [0.15, 0.2) is 0 Å². The standard InChI is InChI=1S/C9H8BrNO/c1-2-7-5-8(11-6-12)3-4-9(7)10/h3-5H,2H2,1H3. The van der Waals surface area contributed by atoms with E-state index >= 15 is 0 Å². The molecule has 1 aromatic rings. The van der Waals surface area contributed by atoms with Crippen molar-refractivity contribution in [2.24, 2.45) is 4.99 Å². The van der Waals surface area contributed by atoms with Gasteiger partial charge in [0.05, 0.1) is 5.69 Å². The third-order valence-corrected chi connectivity index (χ3v) is 2.36. The zero-order valence-electron chi connectivity index (χ0n) is 6.67. The lowest BCUT2D eigenvalue weighted by molar-refractivity contribution is 0.565. The van der Waals surface area contributed by atoms with Crippen molar-refractivity contribution in [2.45, 2.75) is 13.3 Å². The molecule has 1 rings (SSSR count). The van der Waals surface area contributed by atoms with Crippen LogP contribution < -0.4 is 0 Å². The van der Waals surface area contributed by atoms with E-state index in [2.05, 4.69) is 27.8 Å². The van der Waals surface area contributed by atoms with Gasteiger partial charge in [-0.1, -0.05) is 22.9 Å². The van der Waals surface area contributed by atoms with E-state index < -0.39 is 0 Å². The molecule has 3 heteroatoms. The molecule has 0 N–H and O–H groups in total. The SMILES string of the molecule is CCc1cc(N=C=O)ccc1Br. The Labute approximate surface area is 79.5 Å². The number of halogens is 1. The average Bonchev–Trinajstić information content (AvgIpc) is 2.09. The molecule has 12 heavy (non-hydrogen) atoms. The van der Waals surface area contributed by atoms with Crippen molar-refractivity contribution in [3.63, 3.8) is 0 Å². The summed E-state index contributed by atoms with van der Waals surface area (Å²) in [5, 5.41) is 0. The molecule has 0 bridgehead atoms. The topological polar surface area (TPSA) is 29.4 Å². The minimum absolute atomic E-state index is 0.657. The highest BCUT2D eigenvalue weighted by Crippen LogP contribution is 2.22. The van der Waals surface area contributed by atoms with Crippen molar-refractivity contribution < 1.29 is 4.79 Å². The fourth-order valence-electron chi connectivity index (χ4n) is 0.954. The minimum Gasteiger partial charge on any atom is -0.211 e. The molecule has 1 aromatic carbocycles. The summed E-state index contributed by atoms with van der Waals surface area (Å²) in [7, 11) is 0. The van der Waals surface area contributed by atoms with Crippen molar-refractivity contribution in [1.29, 1.82) is 0 Å². The fourth-order valence-corrected chi connectivity index (χ4v) is 1.48. The Bertz CT molecular complexity index is 329. The summed E-state index contributed by atoms with van der Waals surface area (Å²) >= 11 is 3.40. The first-order chi connectivity index (χ1) is 5.77. The number of hydrogen-bond donors (Lipinski definition) is 0. The van der Waals surface area contributed by atoms with Gasteiger partial charge in [-0.3, -0.25) is 0 Å². The van der Waals surface area contributed by atoms with E-state index in [1.165, 1.54) is 6.08 Å². The summed E-state index contributed by atoms with van der Waals surface area (Å²) in [5.74, 6) is 0. The lowest BCUT2D eigenvalue weighted by Gasteiger charge is -2.00. The second-order valence-corrected chi connectivity index (χ2v) is 3.19. The van der Waals surface area contributed by atoms with Crippen molar-refractivity contribution in [1.82, 2.24) is 0 Å². The van der Waals surface area contributed by atoms with Crippen molar-refractivity contribution in [3.05, 3.63) is 28.2 Å². The number of aryl methyl sites for hydroxylation is 1. The molecule has 0 amide bonds. The molecule has 2 nitrogen and oxygen atoms in total. The van der Waals surface area contributed by atoms with Crippen molar-refractivity contribution >= 4 is 27.7 Å². The molecule has 0 aliphatic carbocycles. The van der Waals surface area contributed by atoms with Crippen LogP contribution in [0.1, 0.15) is 12.5 Å². The van der Waals surface area contributed by atoms with Crippen LogP contribution in [0.2, 0.25) is 0 Å². The van der Waals surface area contributed by atoms with E-state index in [-0.39, 0.29) is 0 Å². The quantitative estimate of drug-likeness (QED) is 0.563. The van der Waals surface area contributed by atoms with Crippen LogP contribution in [0.15, 0.2) is 27.7 Å². The van der Waals surface area contributed by atoms with Crippen LogP contribution in [0.5, 0.6) is 0 Å². The number of nitrogens with zero attached hydrogens (tertiary/aromatic N) is 1. The number of benzene rings is 1. The highest BCUT2D eigenvalue weighted by Gasteiger charge is 1.97. The van der Waals surface area contributed by atoms with Crippen molar-refractivity contribution in [3.8, 4) is 0 Å². The molecule has 0 atom stereocenters. The summed E-state index contributed by atoms with van der Waals surface area (Å²) in [4.78, 5) is 13.5. The van der Waals surface area contributed by atoms with Gasteiger partial charge in [0.2, 0.25) is 6.08 Å². The molecule has 0 saturated carbocycles. The second kappa shape index (κ2) is 4.19. The third-order valence-electron chi connectivity index (χ3n) is 1.58. The summed E-state index contributed by atoms with van der Waals surface area (Å²) in [6, 6.07) is 5.53. The van der Waals surface area contributed by atoms with Gasteiger partial charge in [-0.15, -0.1) is 0 Å². The monoisotopic (exact) mass is 225 g/mol. The lowest BCUT2D eigenvalue weighted by atomic mass is 10.1. The summed E-state index contributed by atoms with van der Waals surface area (Å²) in [5.41, 5.74) is 1.80. The highest BCUT2D eigenvalue weighted by atomic mass is 79.9. The first kappa shape index (κ1) is 9.17. The van der Waals surface area contributed by atoms with Crippen LogP contribution in [-0.4, -0.2) is 6.08 Å². The molecule has 0 aliphatic rings. The molecule has 0 unspecified atom stereocenters. The van der Waals surface area contributed by atoms with Gasteiger partial charge < -0.3 is 0 Å². The van der Waals surface area contributed by atoms with Crippen LogP contribution >= 0.6 is 15.9 Å². The lowest BCUT2D eigenvalue weighted by Crippen LogP contribution is -1.80. The Kier molecular flexibility index (Phi) is 3.20. The minimum atomic E-state index is 0.657. The molecule has 0 aromatic heterocycles. The van der Waals surface area contributed by atoms with Gasteiger partial charge in [-0.2, -0.15) is 4.99 Å². The zero-order valence-corrected chi connectivity index (χ0v) is 8.26. The summed E-state index contributed by atoms with van der Waals surface area (Å²) in [6.07, 6.45) is 2.43. The van der Waals surface area contributed by atoms with Crippen LogP contribution in [0.4, 0.5) is 5.69 Å². The van der Waals surface area contributed by atoms with Gasteiger partial charge in [0.25, 0.3) is 0 Å². The van der Waals surface area contributed by atoms with Crippen LogP contribution in [0.25, 0.3) is 0 Å². The molecular weight excluding hydrogens is 218 g/mol. The maximum Gasteiger partial charge on any atom is 0.240 e. The van der Waals surface area contributed by atoms with E-state index in [4.69, 9.17) is 0 Å². The zero-order chi connectivity index (χ0) is 8.97. The Hall–Kier alpha value is -0.920. The third kappa shape index (κ3) is 2.03. The second-order valence-electron chi connectivity index (χ2n) is 2.33. The Balaban J connectivity index is 3.13. The molecule has 0 saturated heterocycles. The maximum absolute atomic E-state index is 9.96. The van der Waals surface area contributed by atoms with Gasteiger partial charge in [-0.05, 0) is 30.2 Å². The van der Waals surface area contributed by atoms with E-state index in [1.54, 1.807) is 6.07 Å². The maximum atomic E-state index is 9.96. The molecule has 62 valence electrons. The number of isocyanates is 1. The van der Waals surface area contributed by atoms with Gasteiger partial charge in [0, 0.05) is 4.47 Å². The molecule has 0 radical (unpaired) electrons. The van der Waals surface area contributed by atoms with Gasteiger partial charge in [0.1, 0.15) is 0 Å². The number of hydrogen-bond acceptors (Lipinski definition) is 2. The van der Waals surface area contributed by atoms with Gasteiger partial charge in [-0.25, -0.2) is 4.79 Å². The first-order valence-electron chi connectivity index (χ1n) is 3.64. The van der Waals surface area contributed by atoms with Crippen LogP contribution in [0.3, 0.4) is 0 Å². The molecule has 0 fully saturated rings. The number of aliphatic imine (C=N–C) groups is 1. The van der Waals surface area contributed by atoms with Crippen LogP contribution in [0, 0.1) is 0 Å². The summed E-state index contributed by atoms with van der Waals surface area (Å²) in [6.45, 7) is 2.05. The normalized spacial score (nSPS) is 9.17. The average molecular weight is 226 g/mol. The van der Waals surface area contributed by atoms with E-state index in [0.717, 1.165) is 16.5 Å². The largest absolute Gasteiger partial charge is 0.240 e. The van der Waals surface area contributed by atoms with E-state index in [1.807, 2.05) is 12.1 Å².